The summed E-state index contributed by atoms with van der Waals surface area (Å²) in [6, 6.07) is 6.45. The molecule has 1 aliphatic heterocycles. The molecule has 0 unspecified atom stereocenters. The normalized spacial score (nSPS) is 17.6. The van der Waals surface area contributed by atoms with Gasteiger partial charge in [-0.05, 0) is 62.5 Å². The molecule has 1 saturated heterocycles. The molecule has 2 rings (SSSR count). The molecule has 106 valence electrons. The SMILES string of the molecule is Cc1cc(NCC2CCN(CCN)CC2)ccc1Br. The summed E-state index contributed by atoms with van der Waals surface area (Å²) >= 11 is 3.53. The maximum absolute atomic E-state index is 5.60. The molecule has 0 saturated carbocycles. The molecule has 1 aromatic carbocycles. The third kappa shape index (κ3) is 4.48. The molecular formula is C15H24BrN3. The van der Waals surface area contributed by atoms with Gasteiger partial charge in [0.05, 0.1) is 0 Å². The maximum atomic E-state index is 5.60. The highest BCUT2D eigenvalue weighted by molar-refractivity contribution is 9.10. The summed E-state index contributed by atoms with van der Waals surface area (Å²) in [6.07, 6.45) is 2.56. The molecule has 0 amide bonds. The summed E-state index contributed by atoms with van der Waals surface area (Å²) in [4.78, 5) is 2.47. The van der Waals surface area contributed by atoms with Crippen LogP contribution in [-0.4, -0.2) is 37.6 Å². The van der Waals surface area contributed by atoms with Crippen molar-refractivity contribution in [3.05, 3.63) is 28.2 Å². The minimum Gasteiger partial charge on any atom is -0.385 e. The topological polar surface area (TPSA) is 41.3 Å². The van der Waals surface area contributed by atoms with Gasteiger partial charge in [0.25, 0.3) is 0 Å². The molecule has 19 heavy (non-hydrogen) atoms. The summed E-state index contributed by atoms with van der Waals surface area (Å²) in [5.41, 5.74) is 8.10. The fourth-order valence-corrected chi connectivity index (χ4v) is 2.86. The Morgan fingerprint density at radius 3 is 2.74 bits per heavy atom. The lowest BCUT2D eigenvalue weighted by Crippen LogP contribution is -2.38. The van der Waals surface area contributed by atoms with Crippen LogP contribution in [0, 0.1) is 12.8 Å². The van der Waals surface area contributed by atoms with E-state index >= 15 is 0 Å². The number of hydrogen-bond donors (Lipinski definition) is 2. The molecule has 1 aliphatic rings. The van der Waals surface area contributed by atoms with Crippen LogP contribution < -0.4 is 11.1 Å². The number of benzene rings is 1. The molecule has 0 atom stereocenters. The van der Waals surface area contributed by atoms with Gasteiger partial charge in [0.2, 0.25) is 0 Å². The van der Waals surface area contributed by atoms with Gasteiger partial charge in [0.15, 0.2) is 0 Å². The van der Waals surface area contributed by atoms with Gasteiger partial charge in [-0.3, -0.25) is 0 Å². The second-order valence-electron chi connectivity index (χ2n) is 5.42. The lowest BCUT2D eigenvalue weighted by atomic mass is 9.96. The molecule has 3 N–H and O–H groups in total. The molecular weight excluding hydrogens is 302 g/mol. The monoisotopic (exact) mass is 325 g/mol. The summed E-state index contributed by atoms with van der Waals surface area (Å²) in [5, 5.41) is 3.57. The first-order valence-corrected chi connectivity index (χ1v) is 7.91. The van der Waals surface area contributed by atoms with E-state index in [4.69, 9.17) is 5.73 Å². The molecule has 1 aromatic rings. The number of rotatable bonds is 5. The van der Waals surface area contributed by atoms with Crippen LogP contribution in [0.1, 0.15) is 18.4 Å². The number of likely N-dealkylation sites (tertiary alicyclic amines) is 1. The van der Waals surface area contributed by atoms with E-state index < -0.39 is 0 Å². The number of piperidine rings is 1. The van der Waals surface area contributed by atoms with Gasteiger partial charge in [-0.25, -0.2) is 0 Å². The van der Waals surface area contributed by atoms with E-state index in [9.17, 15) is 0 Å². The Labute approximate surface area is 124 Å². The highest BCUT2D eigenvalue weighted by atomic mass is 79.9. The number of hydrogen-bond acceptors (Lipinski definition) is 3. The van der Waals surface area contributed by atoms with Gasteiger partial charge in [0.1, 0.15) is 0 Å². The predicted octanol–water partition coefficient (Wildman–Crippen LogP) is 2.84. The summed E-state index contributed by atoms with van der Waals surface area (Å²) in [7, 11) is 0. The standard InChI is InChI=1S/C15H24BrN3/c1-12-10-14(2-3-15(12)16)18-11-13-4-7-19(8-5-13)9-6-17/h2-3,10,13,18H,4-9,11,17H2,1H3. The average molecular weight is 326 g/mol. The van der Waals surface area contributed by atoms with Crippen molar-refractivity contribution in [2.45, 2.75) is 19.8 Å². The van der Waals surface area contributed by atoms with Crippen molar-refractivity contribution in [1.82, 2.24) is 4.90 Å². The Balaban J connectivity index is 1.75. The van der Waals surface area contributed by atoms with Gasteiger partial charge in [-0.1, -0.05) is 15.9 Å². The minimum absolute atomic E-state index is 0.779. The van der Waals surface area contributed by atoms with E-state index in [0.717, 1.165) is 25.6 Å². The van der Waals surface area contributed by atoms with Crippen LogP contribution in [0.4, 0.5) is 5.69 Å². The summed E-state index contributed by atoms with van der Waals surface area (Å²) in [6.45, 7) is 7.43. The zero-order chi connectivity index (χ0) is 13.7. The molecule has 0 aliphatic carbocycles. The van der Waals surface area contributed by atoms with E-state index in [1.54, 1.807) is 0 Å². The first-order chi connectivity index (χ1) is 9.19. The van der Waals surface area contributed by atoms with Crippen molar-refractivity contribution in [2.75, 3.05) is 38.0 Å². The average Bonchev–Trinajstić information content (AvgIpc) is 2.42. The van der Waals surface area contributed by atoms with Crippen LogP contribution >= 0.6 is 15.9 Å². The Kier molecular flexibility index (Phi) is 5.67. The molecule has 0 bridgehead atoms. The van der Waals surface area contributed by atoms with Crippen molar-refractivity contribution < 1.29 is 0 Å². The first-order valence-electron chi connectivity index (χ1n) is 7.11. The second-order valence-corrected chi connectivity index (χ2v) is 6.27. The van der Waals surface area contributed by atoms with Crippen LogP contribution in [0.2, 0.25) is 0 Å². The Morgan fingerprint density at radius 2 is 2.11 bits per heavy atom. The van der Waals surface area contributed by atoms with Crippen LogP contribution in [0.3, 0.4) is 0 Å². The van der Waals surface area contributed by atoms with Gasteiger partial charge < -0.3 is 16.0 Å². The van der Waals surface area contributed by atoms with Crippen molar-refractivity contribution >= 4 is 21.6 Å². The van der Waals surface area contributed by atoms with Gasteiger partial charge in [0, 0.05) is 29.8 Å². The zero-order valence-electron chi connectivity index (χ0n) is 11.7. The Hall–Kier alpha value is -0.580. The van der Waals surface area contributed by atoms with Crippen molar-refractivity contribution in [3.63, 3.8) is 0 Å². The van der Waals surface area contributed by atoms with E-state index in [1.165, 1.54) is 41.7 Å². The fourth-order valence-electron chi connectivity index (χ4n) is 2.61. The predicted molar refractivity (Wildman–Crippen MR) is 85.6 cm³/mol. The number of nitrogens with zero attached hydrogens (tertiary/aromatic N) is 1. The van der Waals surface area contributed by atoms with Crippen LogP contribution in [0.5, 0.6) is 0 Å². The molecule has 0 aromatic heterocycles. The third-order valence-corrected chi connectivity index (χ3v) is 4.80. The quantitative estimate of drug-likeness (QED) is 0.874. The number of nitrogens with one attached hydrogen (secondary N) is 1. The van der Waals surface area contributed by atoms with Gasteiger partial charge in [-0.15, -0.1) is 0 Å². The van der Waals surface area contributed by atoms with Crippen molar-refractivity contribution in [3.8, 4) is 0 Å². The lowest BCUT2D eigenvalue weighted by Gasteiger charge is -2.31. The van der Waals surface area contributed by atoms with Crippen LogP contribution in [0.25, 0.3) is 0 Å². The van der Waals surface area contributed by atoms with Crippen molar-refractivity contribution in [2.24, 2.45) is 11.7 Å². The summed E-state index contributed by atoms with van der Waals surface area (Å²) < 4.78 is 1.17. The van der Waals surface area contributed by atoms with Crippen LogP contribution in [-0.2, 0) is 0 Å². The maximum Gasteiger partial charge on any atom is 0.0343 e. The minimum atomic E-state index is 0.779. The molecule has 0 radical (unpaired) electrons. The lowest BCUT2D eigenvalue weighted by molar-refractivity contribution is 0.194. The van der Waals surface area contributed by atoms with E-state index in [1.807, 2.05) is 0 Å². The molecule has 4 heteroatoms. The fraction of sp³-hybridized carbons (Fsp3) is 0.600. The molecule has 1 fully saturated rings. The van der Waals surface area contributed by atoms with E-state index in [0.29, 0.717) is 0 Å². The Morgan fingerprint density at radius 1 is 1.37 bits per heavy atom. The van der Waals surface area contributed by atoms with Gasteiger partial charge in [-0.2, -0.15) is 0 Å². The van der Waals surface area contributed by atoms with E-state index in [-0.39, 0.29) is 0 Å². The zero-order valence-corrected chi connectivity index (χ0v) is 13.2. The smallest absolute Gasteiger partial charge is 0.0343 e. The Bertz CT molecular complexity index is 400. The van der Waals surface area contributed by atoms with E-state index in [2.05, 4.69) is 51.3 Å². The first kappa shape index (κ1) is 14.8. The summed E-state index contributed by atoms with van der Waals surface area (Å²) in [5.74, 6) is 0.790. The third-order valence-electron chi connectivity index (χ3n) is 3.91. The highest BCUT2D eigenvalue weighted by Crippen LogP contribution is 2.22. The molecule has 1 heterocycles. The number of nitrogens with two attached hydrogens (primary N) is 1. The number of aryl methyl sites for hydroxylation is 1. The largest absolute Gasteiger partial charge is 0.385 e. The number of anilines is 1. The molecule has 0 spiro atoms. The molecule has 3 nitrogen and oxygen atoms in total. The highest BCUT2D eigenvalue weighted by Gasteiger charge is 2.18. The van der Waals surface area contributed by atoms with Crippen LogP contribution in [0.15, 0.2) is 22.7 Å². The number of halogens is 1. The van der Waals surface area contributed by atoms with Crippen molar-refractivity contribution in [1.29, 1.82) is 0 Å². The second kappa shape index (κ2) is 7.27. The van der Waals surface area contributed by atoms with Gasteiger partial charge >= 0.3 is 0 Å².